The van der Waals surface area contributed by atoms with E-state index in [1.807, 2.05) is 23.5 Å². The fourth-order valence-corrected chi connectivity index (χ4v) is 3.04. The predicted molar refractivity (Wildman–Crippen MR) is 75.7 cm³/mol. The summed E-state index contributed by atoms with van der Waals surface area (Å²) in [6.07, 6.45) is 2.82. The lowest BCUT2D eigenvalue weighted by atomic mass is 10.2. The summed E-state index contributed by atoms with van der Waals surface area (Å²) in [4.78, 5) is 6.61. The van der Waals surface area contributed by atoms with Gasteiger partial charge >= 0.3 is 0 Å². The van der Waals surface area contributed by atoms with Crippen LogP contribution in [0.15, 0.2) is 40.9 Å². The topological polar surface area (TPSA) is 38.9 Å². The van der Waals surface area contributed by atoms with Crippen molar-refractivity contribution in [2.75, 3.05) is 5.75 Å². The summed E-state index contributed by atoms with van der Waals surface area (Å²) in [6, 6.07) is 8.77. The van der Waals surface area contributed by atoms with Crippen molar-refractivity contribution in [1.29, 1.82) is 0 Å². The molecule has 0 radical (unpaired) electrons. The molecule has 0 aliphatic carbocycles. The molecule has 17 heavy (non-hydrogen) atoms. The van der Waals surface area contributed by atoms with Gasteiger partial charge in [0.15, 0.2) is 0 Å². The van der Waals surface area contributed by atoms with Gasteiger partial charge in [0, 0.05) is 27.8 Å². The maximum Gasteiger partial charge on any atom is 0.0794 e. The van der Waals surface area contributed by atoms with Gasteiger partial charge in [0.05, 0.1) is 5.51 Å². The Kier molecular flexibility index (Phi) is 4.59. The number of rotatable bonds is 5. The van der Waals surface area contributed by atoms with Crippen LogP contribution in [0.5, 0.6) is 0 Å². The van der Waals surface area contributed by atoms with Crippen molar-refractivity contribution in [3.8, 4) is 0 Å². The summed E-state index contributed by atoms with van der Waals surface area (Å²) in [6.45, 7) is 2.10. The third-order valence-electron chi connectivity index (χ3n) is 2.43. The SMILES string of the molecule is Cc1ccc(SCC(N)Cc2cncs2)cc1. The molecule has 0 bridgehead atoms. The Morgan fingerprint density at radius 2 is 2.12 bits per heavy atom. The minimum absolute atomic E-state index is 0.196. The molecule has 0 aliphatic heterocycles. The standard InChI is InChI=1S/C13H16N2S2/c1-10-2-4-12(5-3-10)16-8-11(14)6-13-7-15-9-17-13/h2-5,7,9,11H,6,8,14H2,1H3. The highest BCUT2D eigenvalue weighted by molar-refractivity contribution is 7.99. The van der Waals surface area contributed by atoms with Gasteiger partial charge in [0.25, 0.3) is 0 Å². The van der Waals surface area contributed by atoms with Crippen LogP contribution in [0.3, 0.4) is 0 Å². The van der Waals surface area contributed by atoms with Gasteiger partial charge in [-0.3, -0.25) is 4.98 Å². The molecular weight excluding hydrogens is 248 g/mol. The first-order chi connectivity index (χ1) is 8.24. The largest absolute Gasteiger partial charge is 0.327 e. The Morgan fingerprint density at radius 1 is 1.35 bits per heavy atom. The number of benzene rings is 1. The molecule has 2 rings (SSSR count). The average Bonchev–Trinajstić information content (AvgIpc) is 2.81. The van der Waals surface area contributed by atoms with Crippen molar-refractivity contribution >= 4 is 23.1 Å². The number of aromatic nitrogens is 1. The first-order valence-electron chi connectivity index (χ1n) is 5.56. The van der Waals surface area contributed by atoms with Gasteiger partial charge in [-0.05, 0) is 25.5 Å². The highest BCUT2D eigenvalue weighted by Gasteiger charge is 2.06. The van der Waals surface area contributed by atoms with E-state index in [2.05, 4.69) is 36.2 Å². The Hall–Kier alpha value is -0.840. The smallest absolute Gasteiger partial charge is 0.0794 e. The van der Waals surface area contributed by atoms with Gasteiger partial charge in [0.1, 0.15) is 0 Å². The van der Waals surface area contributed by atoms with E-state index in [4.69, 9.17) is 5.73 Å². The molecule has 0 aliphatic rings. The Labute approximate surface area is 110 Å². The lowest BCUT2D eigenvalue weighted by molar-refractivity contribution is 0.756. The van der Waals surface area contributed by atoms with Crippen LogP contribution >= 0.6 is 23.1 Å². The summed E-state index contributed by atoms with van der Waals surface area (Å²) >= 11 is 3.49. The van der Waals surface area contributed by atoms with E-state index < -0.39 is 0 Å². The van der Waals surface area contributed by atoms with Gasteiger partial charge < -0.3 is 5.73 Å². The van der Waals surface area contributed by atoms with Crippen LogP contribution in [0, 0.1) is 6.92 Å². The summed E-state index contributed by atoms with van der Waals surface area (Å²) in [7, 11) is 0. The van der Waals surface area contributed by atoms with E-state index in [9.17, 15) is 0 Å². The molecule has 0 saturated heterocycles. The molecule has 4 heteroatoms. The van der Waals surface area contributed by atoms with Crippen molar-refractivity contribution in [3.63, 3.8) is 0 Å². The van der Waals surface area contributed by atoms with Gasteiger partial charge in [-0.15, -0.1) is 23.1 Å². The third-order valence-corrected chi connectivity index (χ3v) is 4.43. The number of hydrogen-bond acceptors (Lipinski definition) is 4. The van der Waals surface area contributed by atoms with Gasteiger partial charge in [-0.25, -0.2) is 0 Å². The number of nitrogens with zero attached hydrogens (tertiary/aromatic N) is 1. The maximum atomic E-state index is 6.10. The molecule has 2 aromatic rings. The number of thiazole rings is 1. The second kappa shape index (κ2) is 6.19. The van der Waals surface area contributed by atoms with Crippen LogP contribution in [0.25, 0.3) is 0 Å². The second-order valence-electron chi connectivity index (χ2n) is 4.06. The van der Waals surface area contributed by atoms with Crippen LogP contribution < -0.4 is 5.73 Å². The zero-order valence-corrected chi connectivity index (χ0v) is 11.4. The molecule has 90 valence electrons. The monoisotopic (exact) mass is 264 g/mol. The molecule has 2 nitrogen and oxygen atoms in total. The molecule has 1 unspecified atom stereocenters. The molecule has 0 fully saturated rings. The zero-order valence-electron chi connectivity index (χ0n) is 9.80. The van der Waals surface area contributed by atoms with Crippen LogP contribution in [0.2, 0.25) is 0 Å². The zero-order chi connectivity index (χ0) is 12.1. The molecule has 0 spiro atoms. The average molecular weight is 264 g/mol. The Balaban J connectivity index is 1.79. The molecule has 2 N–H and O–H groups in total. The van der Waals surface area contributed by atoms with E-state index in [-0.39, 0.29) is 6.04 Å². The van der Waals surface area contributed by atoms with Crippen molar-refractivity contribution in [1.82, 2.24) is 4.98 Å². The van der Waals surface area contributed by atoms with Crippen LogP contribution in [-0.2, 0) is 6.42 Å². The molecule has 1 atom stereocenters. The van der Waals surface area contributed by atoms with Crippen LogP contribution in [-0.4, -0.2) is 16.8 Å². The van der Waals surface area contributed by atoms with Gasteiger partial charge in [-0.2, -0.15) is 0 Å². The van der Waals surface area contributed by atoms with Crippen molar-refractivity contribution in [2.45, 2.75) is 24.3 Å². The van der Waals surface area contributed by atoms with Gasteiger partial charge in [-0.1, -0.05) is 17.7 Å². The molecule has 0 saturated carbocycles. The van der Waals surface area contributed by atoms with Crippen LogP contribution in [0.4, 0.5) is 0 Å². The van der Waals surface area contributed by atoms with Crippen molar-refractivity contribution < 1.29 is 0 Å². The van der Waals surface area contributed by atoms with E-state index in [0.717, 1.165) is 12.2 Å². The van der Waals surface area contributed by atoms with Crippen molar-refractivity contribution in [3.05, 3.63) is 46.4 Å². The number of nitrogens with two attached hydrogens (primary N) is 1. The molecule has 1 heterocycles. The van der Waals surface area contributed by atoms with Crippen molar-refractivity contribution in [2.24, 2.45) is 5.73 Å². The summed E-state index contributed by atoms with van der Waals surface area (Å²) in [5.41, 5.74) is 9.25. The van der Waals surface area contributed by atoms with E-state index in [1.165, 1.54) is 15.3 Å². The fourth-order valence-electron chi connectivity index (χ4n) is 1.50. The lowest BCUT2D eigenvalue weighted by Crippen LogP contribution is -2.25. The third kappa shape index (κ3) is 4.15. The summed E-state index contributed by atoms with van der Waals surface area (Å²) < 4.78 is 0. The summed E-state index contributed by atoms with van der Waals surface area (Å²) in [5, 5.41) is 0. The quantitative estimate of drug-likeness (QED) is 0.843. The summed E-state index contributed by atoms with van der Waals surface area (Å²) in [5.74, 6) is 0.945. The van der Waals surface area contributed by atoms with E-state index in [0.29, 0.717) is 0 Å². The predicted octanol–water partition coefficient (Wildman–Crippen LogP) is 3.11. The number of hydrogen-bond donors (Lipinski definition) is 1. The van der Waals surface area contributed by atoms with Gasteiger partial charge in [0.2, 0.25) is 0 Å². The highest BCUT2D eigenvalue weighted by Crippen LogP contribution is 2.20. The maximum absolute atomic E-state index is 6.10. The number of thioether (sulfide) groups is 1. The minimum atomic E-state index is 0.196. The molecule has 1 aromatic carbocycles. The fraction of sp³-hybridized carbons (Fsp3) is 0.308. The first kappa shape index (κ1) is 12.6. The molecule has 0 amide bonds. The Morgan fingerprint density at radius 3 is 2.76 bits per heavy atom. The normalized spacial score (nSPS) is 12.6. The molecule has 1 aromatic heterocycles. The minimum Gasteiger partial charge on any atom is -0.327 e. The molecular formula is C13H16N2S2. The highest BCUT2D eigenvalue weighted by atomic mass is 32.2. The number of aryl methyl sites for hydroxylation is 1. The Bertz CT molecular complexity index is 437. The first-order valence-corrected chi connectivity index (χ1v) is 7.43. The van der Waals surface area contributed by atoms with E-state index in [1.54, 1.807) is 11.3 Å². The lowest BCUT2D eigenvalue weighted by Gasteiger charge is -2.09. The van der Waals surface area contributed by atoms with Crippen LogP contribution in [0.1, 0.15) is 10.4 Å². The van der Waals surface area contributed by atoms with E-state index >= 15 is 0 Å². The second-order valence-corrected chi connectivity index (χ2v) is 6.12.